The van der Waals surface area contributed by atoms with Gasteiger partial charge in [-0.2, -0.15) is 11.8 Å². The lowest BCUT2D eigenvalue weighted by molar-refractivity contribution is 0.489. The van der Waals surface area contributed by atoms with E-state index < -0.39 is 0 Å². The molecule has 0 amide bonds. The predicted octanol–water partition coefficient (Wildman–Crippen LogP) is 3.74. The van der Waals surface area contributed by atoms with Gasteiger partial charge in [-0.25, -0.2) is 0 Å². The first-order chi connectivity index (χ1) is 11.2. The van der Waals surface area contributed by atoms with Crippen molar-refractivity contribution in [2.45, 2.75) is 32.2 Å². The topological polar surface area (TPSA) is 18.5 Å². The van der Waals surface area contributed by atoms with Crippen molar-refractivity contribution in [2.24, 2.45) is 0 Å². The van der Waals surface area contributed by atoms with Gasteiger partial charge in [0.1, 0.15) is 0 Å². The molecule has 1 heterocycles. The van der Waals surface area contributed by atoms with Crippen molar-refractivity contribution in [3.63, 3.8) is 0 Å². The molecule has 0 radical (unpaired) electrons. The normalized spacial score (nSPS) is 14.6. The Morgan fingerprint density at radius 1 is 1.22 bits per heavy atom. The van der Waals surface area contributed by atoms with E-state index in [1.807, 2.05) is 11.8 Å². The molecule has 1 aromatic rings. The largest absolute Gasteiger partial charge is 0.372 e. The van der Waals surface area contributed by atoms with Gasteiger partial charge in [-0.1, -0.05) is 12.1 Å². The standard InChI is InChI=1S/C18H29N3S2/c1-20(18(22)19-11-6-14-23-2)15-16-7-9-17(10-8-16)21-12-4-3-5-13-21/h7-10H,3-6,11-15H2,1-2H3,(H,19,22). The first-order valence-electron chi connectivity index (χ1n) is 8.52. The smallest absolute Gasteiger partial charge is 0.168 e. The SMILES string of the molecule is CSCCCNC(=S)N(C)Cc1ccc(N2CCCCC2)cc1. The van der Waals surface area contributed by atoms with Gasteiger partial charge in [0.2, 0.25) is 0 Å². The quantitative estimate of drug-likeness (QED) is 0.594. The van der Waals surface area contributed by atoms with E-state index in [2.05, 4.69) is 52.7 Å². The second kappa shape index (κ2) is 10.0. The molecule has 0 saturated carbocycles. The minimum absolute atomic E-state index is 0.839. The van der Waals surface area contributed by atoms with E-state index in [0.717, 1.165) is 24.6 Å². The van der Waals surface area contributed by atoms with E-state index >= 15 is 0 Å². The molecule has 0 spiro atoms. The fourth-order valence-electron chi connectivity index (χ4n) is 2.86. The monoisotopic (exact) mass is 351 g/mol. The molecule has 23 heavy (non-hydrogen) atoms. The Hall–Kier alpha value is -0.940. The minimum Gasteiger partial charge on any atom is -0.372 e. The molecule has 2 rings (SSSR count). The average Bonchev–Trinajstić information content (AvgIpc) is 2.60. The molecule has 128 valence electrons. The average molecular weight is 352 g/mol. The lowest BCUT2D eigenvalue weighted by Crippen LogP contribution is -2.37. The van der Waals surface area contributed by atoms with Gasteiger partial charge in [-0.3, -0.25) is 0 Å². The molecule has 1 aliphatic heterocycles. The molecule has 0 unspecified atom stereocenters. The molecule has 0 aliphatic carbocycles. The molecular weight excluding hydrogens is 322 g/mol. The predicted molar refractivity (Wildman–Crippen MR) is 108 cm³/mol. The maximum absolute atomic E-state index is 5.45. The third-order valence-corrected chi connectivity index (χ3v) is 5.38. The van der Waals surface area contributed by atoms with Gasteiger partial charge in [0.25, 0.3) is 0 Å². The summed E-state index contributed by atoms with van der Waals surface area (Å²) < 4.78 is 0. The van der Waals surface area contributed by atoms with Crippen molar-refractivity contribution >= 4 is 34.8 Å². The van der Waals surface area contributed by atoms with Crippen LogP contribution in [0.25, 0.3) is 0 Å². The zero-order chi connectivity index (χ0) is 16.5. The van der Waals surface area contributed by atoms with Gasteiger partial charge >= 0.3 is 0 Å². The summed E-state index contributed by atoms with van der Waals surface area (Å²) in [5.41, 5.74) is 2.66. The number of nitrogens with one attached hydrogen (secondary N) is 1. The van der Waals surface area contributed by atoms with Crippen LogP contribution in [-0.4, -0.2) is 48.7 Å². The number of hydrogen-bond acceptors (Lipinski definition) is 3. The zero-order valence-corrected chi connectivity index (χ0v) is 16.0. The zero-order valence-electron chi connectivity index (χ0n) is 14.4. The fourth-order valence-corrected chi connectivity index (χ4v) is 3.46. The number of thioether (sulfide) groups is 1. The molecule has 0 aromatic heterocycles. The van der Waals surface area contributed by atoms with Crippen LogP contribution in [0.15, 0.2) is 24.3 Å². The number of anilines is 1. The first-order valence-corrected chi connectivity index (χ1v) is 10.3. The van der Waals surface area contributed by atoms with Crippen LogP contribution in [0, 0.1) is 0 Å². The van der Waals surface area contributed by atoms with Crippen LogP contribution in [0.3, 0.4) is 0 Å². The summed E-state index contributed by atoms with van der Waals surface area (Å²) in [4.78, 5) is 4.61. The van der Waals surface area contributed by atoms with Crippen molar-refractivity contribution in [1.29, 1.82) is 0 Å². The summed E-state index contributed by atoms with van der Waals surface area (Å²) in [7, 11) is 2.06. The van der Waals surface area contributed by atoms with Crippen molar-refractivity contribution in [3.05, 3.63) is 29.8 Å². The molecule has 3 nitrogen and oxygen atoms in total. The molecule has 0 bridgehead atoms. The lowest BCUT2D eigenvalue weighted by atomic mass is 10.1. The highest BCUT2D eigenvalue weighted by Gasteiger charge is 2.11. The van der Waals surface area contributed by atoms with Gasteiger partial charge in [-0.05, 0) is 67.6 Å². The molecule has 5 heteroatoms. The van der Waals surface area contributed by atoms with Gasteiger partial charge in [0.05, 0.1) is 0 Å². The molecule has 0 atom stereocenters. The van der Waals surface area contributed by atoms with Crippen molar-refractivity contribution < 1.29 is 0 Å². The Kier molecular flexibility index (Phi) is 8.03. The maximum Gasteiger partial charge on any atom is 0.168 e. The third-order valence-electron chi connectivity index (χ3n) is 4.23. The van der Waals surface area contributed by atoms with Gasteiger partial charge < -0.3 is 15.1 Å². The highest BCUT2D eigenvalue weighted by atomic mass is 32.2. The summed E-state index contributed by atoms with van der Waals surface area (Å²) in [5.74, 6) is 1.18. The highest BCUT2D eigenvalue weighted by Crippen LogP contribution is 2.20. The number of nitrogens with zero attached hydrogens (tertiary/aromatic N) is 2. The number of hydrogen-bond donors (Lipinski definition) is 1. The van der Waals surface area contributed by atoms with Crippen LogP contribution in [-0.2, 0) is 6.54 Å². The van der Waals surface area contributed by atoms with Crippen molar-refractivity contribution in [3.8, 4) is 0 Å². The van der Waals surface area contributed by atoms with E-state index in [-0.39, 0.29) is 0 Å². The van der Waals surface area contributed by atoms with Crippen LogP contribution in [0.5, 0.6) is 0 Å². The van der Waals surface area contributed by atoms with E-state index in [1.54, 1.807) is 0 Å². The number of rotatable bonds is 7. The summed E-state index contributed by atoms with van der Waals surface area (Å²) >= 11 is 7.33. The van der Waals surface area contributed by atoms with Gasteiger partial charge in [0, 0.05) is 38.9 Å². The summed E-state index contributed by atoms with van der Waals surface area (Å²) in [6, 6.07) is 8.97. The second-order valence-corrected chi connectivity index (χ2v) is 7.52. The summed E-state index contributed by atoms with van der Waals surface area (Å²) in [5, 5.41) is 4.18. The lowest BCUT2D eigenvalue weighted by Gasteiger charge is -2.29. The van der Waals surface area contributed by atoms with Crippen molar-refractivity contribution in [1.82, 2.24) is 10.2 Å². The Morgan fingerprint density at radius 3 is 2.57 bits per heavy atom. The number of thiocarbonyl (C=S) groups is 1. The maximum atomic E-state index is 5.45. The minimum atomic E-state index is 0.839. The molecular formula is C18H29N3S2. The van der Waals surface area contributed by atoms with E-state index in [1.165, 1.54) is 49.4 Å². The van der Waals surface area contributed by atoms with Crippen LogP contribution < -0.4 is 10.2 Å². The second-order valence-electron chi connectivity index (χ2n) is 6.15. The Balaban J connectivity index is 1.79. The Labute approximate surface area is 150 Å². The Morgan fingerprint density at radius 2 is 1.91 bits per heavy atom. The number of benzene rings is 1. The van der Waals surface area contributed by atoms with Gasteiger partial charge in [-0.15, -0.1) is 0 Å². The van der Waals surface area contributed by atoms with Crippen LogP contribution in [0.1, 0.15) is 31.2 Å². The van der Waals surface area contributed by atoms with Gasteiger partial charge in [0.15, 0.2) is 5.11 Å². The summed E-state index contributed by atoms with van der Waals surface area (Å²) in [6.45, 7) is 4.21. The van der Waals surface area contributed by atoms with Crippen LogP contribution >= 0.6 is 24.0 Å². The van der Waals surface area contributed by atoms with E-state index in [4.69, 9.17) is 12.2 Å². The summed E-state index contributed by atoms with van der Waals surface area (Å²) in [6.07, 6.45) is 7.31. The van der Waals surface area contributed by atoms with E-state index in [0.29, 0.717) is 0 Å². The molecule has 1 aromatic carbocycles. The molecule has 1 saturated heterocycles. The van der Waals surface area contributed by atoms with E-state index in [9.17, 15) is 0 Å². The molecule has 1 aliphatic rings. The number of piperidine rings is 1. The Bertz CT molecular complexity index is 470. The molecule has 1 N–H and O–H groups in total. The van der Waals surface area contributed by atoms with Crippen LogP contribution in [0.4, 0.5) is 5.69 Å². The highest BCUT2D eigenvalue weighted by molar-refractivity contribution is 7.98. The molecule has 1 fully saturated rings. The third kappa shape index (κ3) is 6.22. The van der Waals surface area contributed by atoms with Crippen LogP contribution in [0.2, 0.25) is 0 Å². The fraction of sp³-hybridized carbons (Fsp3) is 0.611. The van der Waals surface area contributed by atoms with Crippen molar-refractivity contribution in [2.75, 3.05) is 43.6 Å². The first kappa shape index (κ1) is 18.4.